The molecule has 106 valence electrons. The van der Waals surface area contributed by atoms with E-state index in [2.05, 4.69) is 0 Å². The van der Waals surface area contributed by atoms with Gasteiger partial charge in [0.15, 0.2) is 0 Å². The van der Waals surface area contributed by atoms with Crippen LogP contribution in [-0.2, 0) is 26.2 Å². The fourth-order valence-corrected chi connectivity index (χ4v) is 1.07. The van der Waals surface area contributed by atoms with Crippen LogP contribution in [0.2, 0.25) is 0 Å². The summed E-state index contributed by atoms with van der Waals surface area (Å²) in [6.45, 7) is 0. The third-order valence-corrected chi connectivity index (χ3v) is 1.99. The number of halogens is 2. The van der Waals surface area contributed by atoms with Crippen molar-refractivity contribution < 1.29 is 61.2 Å². The van der Waals surface area contributed by atoms with Gasteiger partial charge in [-0.15, -0.1) is 0 Å². The molecule has 0 atom stereocenters. The predicted molar refractivity (Wildman–Crippen MR) is 65.6 cm³/mol. The van der Waals surface area contributed by atoms with E-state index in [9.17, 15) is 0 Å². The molecule has 0 saturated heterocycles. The van der Waals surface area contributed by atoms with Crippen LogP contribution in [-0.4, -0.2) is 10.2 Å². The van der Waals surface area contributed by atoms with Crippen molar-refractivity contribution in [1.82, 2.24) is 0 Å². The number of phenols is 2. The van der Waals surface area contributed by atoms with E-state index in [0.29, 0.717) is 11.1 Å². The van der Waals surface area contributed by atoms with E-state index in [1.807, 2.05) is 12.1 Å². The van der Waals surface area contributed by atoms with Gasteiger partial charge in [0.1, 0.15) is 11.5 Å². The summed E-state index contributed by atoms with van der Waals surface area (Å²) in [5.41, 5.74) is 1.13. The Morgan fingerprint density at radius 1 is 0.619 bits per heavy atom. The summed E-state index contributed by atoms with van der Waals surface area (Å²) in [5, 5.41) is 34.1. The van der Waals surface area contributed by atoms with Crippen LogP contribution < -0.4 is 24.8 Å². The summed E-state index contributed by atoms with van der Waals surface area (Å²) >= 11 is 0. The van der Waals surface area contributed by atoms with Crippen LogP contribution in [0.25, 0.3) is 0 Å². The molecule has 2 aromatic rings. The Balaban J connectivity index is -0.000000270. The molecule has 21 heavy (non-hydrogen) atoms. The Morgan fingerprint density at radius 2 is 0.857 bits per heavy atom. The van der Waals surface area contributed by atoms with Gasteiger partial charge in [0.2, 0.25) is 0 Å². The van der Waals surface area contributed by atoms with Gasteiger partial charge in [-0.2, -0.15) is 10.5 Å². The molecule has 0 heterocycles. The zero-order valence-corrected chi connectivity index (χ0v) is 14.6. The molecule has 0 amide bonds. The van der Waals surface area contributed by atoms with Crippen molar-refractivity contribution in [2.75, 3.05) is 0 Å². The van der Waals surface area contributed by atoms with Gasteiger partial charge in [0.05, 0.1) is 23.3 Å². The first-order chi connectivity index (χ1) is 8.65. The van der Waals surface area contributed by atoms with E-state index in [0.717, 1.165) is 0 Å². The topological polar surface area (TPSA) is 88.0 Å². The number of nitriles is 2. The number of hydrogen-bond donors (Lipinski definition) is 2. The number of phenolic OH excluding ortho intramolecular Hbond substituents is 2. The first-order valence-corrected chi connectivity index (χ1v) is 5.04. The molecule has 0 unspecified atom stereocenters. The van der Waals surface area contributed by atoms with Crippen LogP contribution in [0.3, 0.4) is 0 Å². The third-order valence-electron chi connectivity index (χ3n) is 1.99. The fraction of sp³-hybridized carbons (Fsp3) is 0. The first kappa shape index (κ1) is 24.5. The molecule has 0 radical (unpaired) electrons. The smallest absolute Gasteiger partial charge is 1.00 e. The quantitative estimate of drug-likeness (QED) is 0.481. The summed E-state index contributed by atoms with van der Waals surface area (Å²) in [5.74, 6) is 0.378. The molecule has 0 aliphatic carbocycles. The molecule has 0 spiro atoms. The average molecular weight is 400 g/mol. The van der Waals surface area contributed by atoms with Crippen LogP contribution in [0.15, 0.2) is 48.5 Å². The summed E-state index contributed by atoms with van der Waals surface area (Å²) < 4.78 is 0. The molecule has 2 N–H and O–H groups in total. The minimum Gasteiger partial charge on any atom is -1.00 e. The normalized spacial score (nSPS) is 7.14. The average Bonchev–Trinajstić information content (AvgIpc) is 2.41. The Hall–Kier alpha value is -1.52. The monoisotopic (exact) mass is 398 g/mol. The van der Waals surface area contributed by atoms with Crippen LogP contribution in [0, 0.1) is 22.7 Å². The number of nitrogens with zero attached hydrogens (tertiary/aromatic N) is 2. The first-order valence-electron chi connectivity index (χ1n) is 5.04. The maximum absolute atomic E-state index is 8.74. The van der Waals surface area contributed by atoms with Crippen molar-refractivity contribution in [2.45, 2.75) is 0 Å². The number of hydrogen-bond acceptors (Lipinski definition) is 4. The molecule has 2 rings (SSSR count). The van der Waals surface area contributed by atoms with Crippen LogP contribution in [0.1, 0.15) is 11.1 Å². The van der Waals surface area contributed by atoms with Crippen molar-refractivity contribution >= 4 is 0 Å². The maximum Gasteiger partial charge on any atom is 2.00 e. The van der Waals surface area contributed by atoms with Gasteiger partial charge in [0.25, 0.3) is 0 Å². The van der Waals surface area contributed by atoms with Crippen molar-refractivity contribution in [2.24, 2.45) is 0 Å². The van der Waals surface area contributed by atoms with Crippen molar-refractivity contribution in [1.29, 1.82) is 10.5 Å². The van der Waals surface area contributed by atoms with Gasteiger partial charge in [0, 0.05) is 0 Å². The Labute approximate surface area is 154 Å². The second-order valence-corrected chi connectivity index (χ2v) is 3.32. The van der Waals surface area contributed by atoms with E-state index >= 15 is 0 Å². The van der Waals surface area contributed by atoms with E-state index in [4.69, 9.17) is 20.7 Å². The molecule has 0 bridgehead atoms. The van der Waals surface area contributed by atoms with Crippen molar-refractivity contribution in [3.63, 3.8) is 0 Å². The standard InChI is InChI=1S/2C7H5NO.2ClH.Zr/c2*8-5-6-1-3-7(9)4-2-6;;;/h2*1-4,9H;2*1H;/q;;;;+2/p-2. The predicted octanol–water partition coefficient (Wildman–Crippen LogP) is -3.47. The molecule has 2 aromatic carbocycles. The summed E-state index contributed by atoms with van der Waals surface area (Å²) in [6, 6.07) is 16.1. The van der Waals surface area contributed by atoms with Gasteiger partial charge in [-0.25, -0.2) is 0 Å². The molecular formula is C14H10Cl2N2O2Zr. The second kappa shape index (κ2) is 13.5. The zero-order valence-electron chi connectivity index (χ0n) is 10.7. The Kier molecular flexibility index (Phi) is 15.7. The van der Waals surface area contributed by atoms with Crippen LogP contribution >= 0.6 is 0 Å². The van der Waals surface area contributed by atoms with Gasteiger partial charge < -0.3 is 35.0 Å². The Morgan fingerprint density at radius 3 is 1.05 bits per heavy atom. The number of aromatic hydroxyl groups is 2. The van der Waals surface area contributed by atoms with E-state index in [-0.39, 0.29) is 62.5 Å². The third kappa shape index (κ3) is 9.93. The minimum atomic E-state index is 0. The zero-order chi connectivity index (χ0) is 13.4. The largest absolute Gasteiger partial charge is 2.00 e. The fourth-order valence-electron chi connectivity index (χ4n) is 1.07. The summed E-state index contributed by atoms with van der Waals surface area (Å²) in [6.07, 6.45) is 0. The Bertz CT molecular complexity index is 535. The number of benzene rings is 2. The van der Waals surface area contributed by atoms with Crippen LogP contribution in [0.5, 0.6) is 11.5 Å². The molecule has 4 nitrogen and oxygen atoms in total. The summed E-state index contributed by atoms with van der Waals surface area (Å²) in [4.78, 5) is 0. The molecule has 0 aliphatic rings. The minimum absolute atomic E-state index is 0. The van der Waals surface area contributed by atoms with Gasteiger partial charge in [-0.3, -0.25) is 0 Å². The SMILES string of the molecule is N#Cc1ccc(O)cc1.N#Cc1ccc(O)cc1.[Cl-].[Cl-].[Zr+2]. The van der Waals surface area contributed by atoms with Crippen LogP contribution in [0.4, 0.5) is 0 Å². The maximum atomic E-state index is 8.74. The van der Waals surface area contributed by atoms with Crippen molar-refractivity contribution in [3.05, 3.63) is 59.7 Å². The summed E-state index contributed by atoms with van der Waals surface area (Å²) in [7, 11) is 0. The van der Waals surface area contributed by atoms with Gasteiger partial charge in [-0.1, -0.05) is 0 Å². The molecule has 0 aromatic heterocycles. The van der Waals surface area contributed by atoms with E-state index in [1.54, 1.807) is 24.3 Å². The molecular weight excluding hydrogens is 390 g/mol. The van der Waals surface area contributed by atoms with Gasteiger partial charge in [-0.05, 0) is 48.5 Å². The van der Waals surface area contributed by atoms with Crippen molar-refractivity contribution in [3.8, 4) is 23.6 Å². The van der Waals surface area contributed by atoms with E-state index in [1.165, 1.54) is 24.3 Å². The number of rotatable bonds is 0. The molecule has 0 fully saturated rings. The van der Waals surface area contributed by atoms with Gasteiger partial charge >= 0.3 is 26.2 Å². The molecule has 0 saturated carbocycles. The molecule has 0 aliphatic heterocycles. The second-order valence-electron chi connectivity index (χ2n) is 3.32. The van der Waals surface area contributed by atoms with E-state index < -0.39 is 0 Å². The molecule has 7 heteroatoms.